The Morgan fingerprint density at radius 1 is 1.10 bits per heavy atom. The zero-order valence-corrected chi connectivity index (χ0v) is 13.1. The zero-order valence-electron chi connectivity index (χ0n) is 10.8. The number of hydrogen-bond acceptors (Lipinski definition) is 3. The summed E-state index contributed by atoms with van der Waals surface area (Å²) in [4.78, 5) is 4.06. The highest BCUT2D eigenvalue weighted by Crippen LogP contribution is 2.36. The van der Waals surface area contributed by atoms with Gasteiger partial charge in [-0.15, -0.1) is 0 Å². The van der Waals surface area contributed by atoms with Crippen LogP contribution < -0.4 is 10.1 Å². The summed E-state index contributed by atoms with van der Waals surface area (Å²) >= 11 is 18.0. The van der Waals surface area contributed by atoms with Gasteiger partial charge in [-0.1, -0.05) is 41.7 Å². The molecule has 6 heteroatoms. The predicted molar refractivity (Wildman–Crippen MR) is 83.2 cm³/mol. The van der Waals surface area contributed by atoms with E-state index in [0.717, 1.165) is 12.1 Å². The molecular formula is C14H13Cl3N2O. The van der Waals surface area contributed by atoms with Crippen molar-refractivity contribution in [2.75, 3.05) is 6.54 Å². The number of halogens is 3. The Balaban J connectivity index is 2.28. The molecule has 106 valence electrons. The molecule has 0 amide bonds. The summed E-state index contributed by atoms with van der Waals surface area (Å²) in [5, 5.41) is 4.42. The van der Waals surface area contributed by atoms with Crippen molar-refractivity contribution in [1.29, 1.82) is 0 Å². The van der Waals surface area contributed by atoms with Gasteiger partial charge in [-0.25, -0.2) is 0 Å². The van der Waals surface area contributed by atoms with E-state index in [2.05, 4.69) is 10.3 Å². The van der Waals surface area contributed by atoms with Crippen molar-refractivity contribution < 1.29 is 4.74 Å². The summed E-state index contributed by atoms with van der Waals surface area (Å²) in [6, 6.07) is 5.04. The lowest BCUT2D eigenvalue weighted by atomic mass is 10.2. The maximum atomic E-state index is 6.10. The molecule has 2 aromatic rings. The molecule has 2 rings (SSSR count). The molecule has 0 bridgehead atoms. The largest absolute Gasteiger partial charge is 0.454 e. The Hall–Kier alpha value is -1.000. The third-order valence-electron chi connectivity index (χ3n) is 2.63. The minimum absolute atomic E-state index is 0.392. The summed E-state index contributed by atoms with van der Waals surface area (Å²) in [6.45, 7) is 3.60. The molecule has 0 aliphatic carbocycles. The first-order valence-corrected chi connectivity index (χ1v) is 7.21. The van der Waals surface area contributed by atoms with Gasteiger partial charge in [-0.2, -0.15) is 0 Å². The van der Waals surface area contributed by atoms with Gasteiger partial charge in [0.05, 0.1) is 21.3 Å². The van der Waals surface area contributed by atoms with Crippen LogP contribution in [0, 0.1) is 0 Å². The number of aromatic nitrogens is 1. The fourth-order valence-electron chi connectivity index (χ4n) is 1.61. The van der Waals surface area contributed by atoms with Crippen molar-refractivity contribution in [2.45, 2.75) is 13.5 Å². The van der Waals surface area contributed by atoms with Crippen LogP contribution in [0.3, 0.4) is 0 Å². The minimum atomic E-state index is 0.392. The molecule has 1 N–H and O–H groups in total. The normalized spacial score (nSPS) is 10.6. The average molecular weight is 332 g/mol. The van der Waals surface area contributed by atoms with Gasteiger partial charge in [0.1, 0.15) is 11.5 Å². The van der Waals surface area contributed by atoms with E-state index in [0.29, 0.717) is 33.1 Å². The van der Waals surface area contributed by atoms with Crippen LogP contribution in [0.2, 0.25) is 15.1 Å². The van der Waals surface area contributed by atoms with Crippen LogP contribution in [0.15, 0.2) is 30.6 Å². The van der Waals surface area contributed by atoms with Crippen LogP contribution in [0.4, 0.5) is 0 Å². The van der Waals surface area contributed by atoms with Crippen LogP contribution >= 0.6 is 34.8 Å². The lowest BCUT2D eigenvalue weighted by Gasteiger charge is -2.12. The van der Waals surface area contributed by atoms with E-state index in [1.165, 1.54) is 0 Å². The first-order valence-electron chi connectivity index (χ1n) is 6.07. The monoisotopic (exact) mass is 330 g/mol. The molecule has 0 fully saturated rings. The van der Waals surface area contributed by atoms with Gasteiger partial charge in [0.15, 0.2) is 0 Å². The van der Waals surface area contributed by atoms with E-state index in [4.69, 9.17) is 39.5 Å². The topological polar surface area (TPSA) is 34.2 Å². The highest BCUT2D eigenvalue weighted by Gasteiger charge is 2.10. The molecule has 1 heterocycles. The van der Waals surface area contributed by atoms with E-state index < -0.39 is 0 Å². The van der Waals surface area contributed by atoms with Crippen molar-refractivity contribution in [3.8, 4) is 11.5 Å². The van der Waals surface area contributed by atoms with Gasteiger partial charge in [0.25, 0.3) is 0 Å². The van der Waals surface area contributed by atoms with Crippen molar-refractivity contribution >= 4 is 34.8 Å². The van der Waals surface area contributed by atoms with Crippen LogP contribution in [-0.2, 0) is 6.54 Å². The highest BCUT2D eigenvalue weighted by molar-refractivity contribution is 6.43. The van der Waals surface area contributed by atoms with Crippen LogP contribution in [0.25, 0.3) is 0 Å². The second-order valence-corrected chi connectivity index (χ2v) is 5.28. The maximum absolute atomic E-state index is 6.10. The molecule has 3 nitrogen and oxygen atoms in total. The number of pyridine rings is 1. The van der Waals surface area contributed by atoms with Gasteiger partial charge in [0.2, 0.25) is 0 Å². The summed E-state index contributed by atoms with van der Waals surface area (Å²) in [5.74, 6) is 1.08. The number of rotatable bonds is 5. The van der Waals surface area contributed by atoms with Crippen LogP contribution in [-0.4, -0.2) is 11.5 Å². The molecule has 0 radical (unpaired) electrons. The Labute approximate surface area is 132 Å². The van der Waals surface area contributed by atoms with E-state index in [9.17, 15) is 0 Å². The van der Waals surface area contributed by atoms with Gasteiger partial charge < -0.3 is 10.1 Å². The molecule has 0 saturated heterocycles. The lowest BCUT2D eigenvalue weighted by molar-refractivity contribution is 0.471. The fraction of sp³-hybridized carbons (Fsp3) is 0.214. The lowest BCUT2D eigenvalue weighted by Crippen LogP contribution is -2.12. The number of ether oxygens (including phenoxy) is 1. The molecule has 1 aromatic carbocycles. The molecule has 0 aliphatic heterocycles. The first kappa shape index (κ1) is 15.4. The standard InChI is InChI=1S/C14H13Cl3N2O/c1-2-18-7-9-3-4-19-8-14(9)20-13-6-11(16)10(15)5-12(13)17/h3-6,8,18H,2,7H2,1H3. The molecule has 0 saturated carbocycles. The summed E-state index contributed by atoms with van der Waals surface area (Å²) < 4.78 is 5.80. The van der Waals surface area contributed by atoms with Gasteiger partial charge in [-0.3, -0.25) is 4.98 Å². The van der Waals surface area contributed by atoms with Gasteiger partial charge >= 0.3 is 0 Å². The Bertz CT molecular complexity index is 605. The molecular weight excluding hydrogens is 319 g/mol. The van der Waals surface area contributed by atoms with E-state index >= 15 is 0 Å². The highest BCUT2D eigenvalue weighted by atomic mass is 35.5. The molecule has 1 aromatic heterocycles. The summed E-state index contributed by atoms with van der Waals surface area (Å²) in [6.07, 6.45) is 3.36. The second kappa shape index (κ2) is 7.14. The second-order valence-electron chi connectivity index (χ2n) is 4.06. The van der Waals surface area contributed by atoms with Crippen molar-refractivity contribution in [3.05, 3.63) is 51.2 Å². The smallest absolute Gasteiger partial charge is 0.150 e. The third kappa shape index (κ3) is 3.76. The third-order valence-corrected chi connectivity index (χ3v) is 3.65. The molecule has 0 atom stereocenters. The van der Waals surface area contributed by atoms with E-state index in [-0.39, 0.29) is 0 Å². The number of benzene rings is 1. The molecule has 0 aliphatic rings. The van der Waals surface area contributed by atoms with Gasteiger partial charge in [-0.05, 0) is 18.7 Å². The van der Waals surface area contributed by atoms with Crippen LogP contribution in [0.1, 0.15) is 12.5 Å². The Morgan fingerprint density at radius 2 is 1.85 bits per heavy atom. The van der Waals surface area contributed by atoms with Crippen LogP contribution in [0.5, 0.6) is 11.5 Å². The molecule has 0 spiro atoms. The minimum Gasteiger partial charge on any atom is -0.454 e. The zero-order chi connectivity index (χ0) is 14.5. The average Bonchev–Trinajstić information content (AvgIpc) is 2.44. The molecule has 20 heavy (non-hydrogen) atoms. The Morgan fingerprint density at radius 3 is 2.60 bits per heavy atom. The Kier molecular flexibility index (Phi) is 5.49. The predicted octanol–water partition coefficient (Wildman–Crippen LogP) is 4.94. The van der Waals surface area contributed by atoms with Crippen molar-refractivity contribution in [1.82, 2.24) is 10.3 Å². The maximum Gasteiger partial charge on any atom is 0.150 e. The van der Waals surface area contributed by atoms with E-state index in [1.807, 2.05) is 13.0 Å². The number of nitrogens with zero attached hydrogens (tertiary/aromatic N) is 1. The SMILES string of the molecule is CCNCc1ccncc1Oc1cc(Cl)c(Cl)cc1Cl. The molecule has 0 unspecified atom stereocenters. The van der Waals surface area contributed by atoms with Crippen molar-refractivity contribution in [3.63, 3.8) is 0 Å². The van der Waals surface area contributed by atoms with Gasteiger partial charge in [0, 0.05) is 24.4 Å². The quantitative estimate of drug-likeness (QED) is 0.788. The number of hydrogen-bond donors (Lipinski definition) is 1. The summed E-state index contributed by atoms with van der Waals surface area (Å²) in [5.41, 5.74) is 0.990. The number of nitrogens with one attached hydrogen (secondary N) is 1. The van der Waals surface area contributed by atoms with E-state index in [1.54, 1.807) is 24.5 Å². The van der Waals surface area contributed by atoms with Crippen molar-refractivity contribution in [2.24, 2.45) is 0 Å². The summed E-state index contributed by atoms with van der Waals surface area (Å²) in [7, 11) is 0. The fourth-order valence-corrected chi connectivity index (χ4v) is 2.18. The first-order chi connectivity index (χ1) is 9.61.